The number of hydrogen-bond donors (Lipinski definition) is 1. The minimum Gasteiger partial charge on any atom is -0.497 e. The van der Waals surface area contributed by atoms with Gasteiger partial charge in [-0.05, 0) is 85.3 Å². The van der Waals surface area contributed by atoms with Crippen LogP contribution in [0.4, 0.5) is 5.69 Å². The number of amides is 2. The predicted molar refractivity (Wildman–Crippen MR) is 185 cm³/mol. The average molecular weight is 654 g/mol. The summed E-state index contributed by atoms with van der Waals surface area (Å²) in [6.07, 6.45) is 4.14. The molecule has 246 valence electrons. The van der Waals surface area contributed by atoms with Gasteiger partial charge in [0.2, 0.25) is 11.8 Å². The van der Waals surface area contributed by atoms with Gasteiger partial charge in [-0.15, -0.1) is 0 Å². The number of carbonyl (C=O) groups is 2. The Hall–Kier alpha value is -4.63. The summed E-state index contributed by atoms with van der Waals surface area (Å²) in [5.41, 5.74) is 3.77. The van der Waals surface area contributed by atoms with Gasteiger partial charge in [0.15, 0.2) is 0 Å². The molecule has 8 nitrogen and oxygen atoms in total. The molecule has 0 radical (unpaired) electrons. The molecule has 1 aliphatic carbocycles. The van der Waals surface area contributed by atoms with Crippen molar-refractivity contribution in [2.75, 3.05) is 18.0 Å². The largest absolute Gasteiger partial charge is 0.497 e. The topological polar surface area (TPSA) is 96.0 Å². The number of carbonyl (C=O) groups excluding carboxylic acids is 2. The minimum atomic E-state index is -4.16. The minimum absolute atomic E-state index is 0.0415. The van der Waals surface area contributed by atoms with Crippen LogP contribution in [0.5, 0.6) is 5.75 Å². The molecule has 1 N–H and O–H groups in total. The van der Waals surface area contributed by atoms with Gasteiger partial charge in [0.1, 0.15) is 18.3 Å². The third-order valence-corrected chi connectivity index (χ3v) is 10.4. The van der Waals surface area contributed by atoms with Crippen LogP contribution in [0.2, 0.25) is 0 Å². The summed E-state index contributed by atoms with van der Waals surface area (Å²) in [5.74, 6) is -0.122. The molecule has 5 rings (SSSR count). The Bertz CT molecular complexity index is 1750. The van der Waals surface area contributed by atoms with Gasteiger partial charge in [0.25, 0.3) is 10.0 Å². The summed E-state index contributed by atoms with van der Waals surface area (Å²) in [5, 5.41) is 3.21. The lowest BCUT2D eigenvalue weighted by atomic mass is 10.0. The van der Waals surface area contributed by atoms with Crippen molar-refractivity contribution in [2.45, 2.75) is 69.5 Å². The number of hydrogen-bond acceptors (Lipinski definition) is 5. The molecule has 47 heavy (non-hydrogen) atoms. The molecule has 2 amide bonds. The number of aryl methyl sites for hydroxylation is 2. The van der Waals surface area contributed by atoms with Gasteiger partial charge >= 0.3 is 0 Å². The Kier molecular flexibility index (Phi) is 11.0. The van der Waals surface area contributed by atoms with Crippen LogP contribution < -0.4 is 14.4 Å². The first-order valence-electron chi connectivity index (χ1n) is 16.1. The van der Waals surface area contributed by atoms with E-state index in [-0.39, 0.29) is 29.8 Å². The molecule has 0 heterocycles. The van der Waals surface area contributed by atoms with E-state index in [0.29, 0.717) is 11.4 Å². The van der Waals surface area contributed by atoms with Crippen molar-refractivity contribution in [3.8, 4) is 5.75 Å². The lowest BCUT2D eigenvalue weighted by molar-refractivity contribution is -0.140. The molecule has 9 heteroatoms. The first kappa shape index (κ1) is 33.7. The van der Waals surface area contributed by atoms with Crippen molar-refractivity contribution in [3.05, 3.63) is 125 Å². The Labute approximate surface area is 278 Å². The second-order valence-corrected chi connectivity index (χ2v) is 14.1. The second-order valence-electron chi connectivity index (χ2n) is 12.2. The number of anilines is 1. The molecule has 0 saturated heterocycles. The molecule has 1 fully saturated rings. The summed E-state index contributed by atoms with van der Waals surface area (Å²) in [7, 11) is -2.58. The molecule has 1 saturated carbocycles. The SMILES string of the molecule is COc1cccc(CN(C(=O)CN(c2cc(C)cc(C)c2)S(=O)(=O)c2ccccc2)[C@H](Cc2ccccc2)C(=O)NC2CCCC2)c1. The number of nitrogens with zero attached hydrogens (tertiary/aromatic N) is 2. The van der Waals surface area contributed by atoms with E-state index >= 15 is 0 Å². The molecule has 0 aromatic heterocycles. The zero-order chi connectivity index (χ0) is 33.4. The number of ether oxygens (including phenoxy) is 1. The molecular weight excluding hydrogens is 611 g/mol. The van der Waals surface area contributed by atoms with Gasteiger partial charge in [-0.3, -0.25) is 13.9 Å². The van der Waals surface area contributed by atoms with Crippen LogP contribution in [0.25, 0.3) is 0 Å². The van der Waals surface area contributed by atoms with E-state index < -0.39 is 28.5 Å². The Balaban J connectivity index is 1.59. The van der Waals surface area contributed by atoms with E-state index in [2.05, 4.69) is 5.32 Å². The van der Waals surface area contributed by atoms with Gasteiger partial charge in [0.05, 0.1) is 17.7 Å². The van der Waals surface area contributed by atoms with E-state index in [9.17, 15) is 18.0 Å². The van der Waals surface area contributed by atoms with Gasteiger partial charge in [-0.25, -0.2) is 8.42 Å². The Morgan fingerprint density at radius 2 is 1.45 bits per heavy atom. The van der Waals surface area contributed by atoms with Gasteiger partial charge in [0, 0.05) is 19.0 Å². The highest BCUT2D eigenvalue weighted by molar-refractivity contribution is 7.92. The molecular formula is C38H43N3O5S. The summed E-state index contributed by atoms with van der Waals surface area (Å²) in [6, 6.07) is 29.7. The summed E-state index contributed by atoms with van der Waals surface area (Å²) in [6.45, 7) is 3.37. The lowest BCUT2D eigenvalue weighted by Crippen LogP contribution is -2.54. The molecule has 0 spiro atoms. The van der Waals surface area contributed by atoms with E-state index in [1.54, 1.807) is 37.4 Å². The standard InChI is InChI=1S/C38H43N3O5S/c1-28-21-29(2)23-33(22-28)41(47(44,45)35-19-8-5-9-20-35)27-37(42)40(26-31-15-12-18-34(24-31)46-3)36(25-30-13-6-4-7-14-30)38(43)39-32-16-10-11-17-32/h4-9,12-15,18-24,32,36H,10-11,16-17,25-27H2,1-3H3,(H,39,43)/t36-/m1/s1. The molecule has 1 aliphatic rings. The quantitative estimate of drug-likeness (QED) is 0.185. The maximum atomic E-state index is 14.7. The maximum Gasteiger partial charge on any atom is 0.264 e. The van der Waals surface area contributed by atoms with Crippen molar-refractivity contribution in [2.24, 2.45) is 0 Å². The van der Waals surface area contributed by atoms with Crippen LogP contribution in [-0.2, 0) is 32.6 Å². The number of benzene rings is 4. The van der Waals surface area contributed by atoms with Crippen LogP contribution >= 0.6 is 0 Å². The van der Waals surface area contributed by atoms with E-state index in [1.807, 2.05) is 74.5 Å². The smallest absolute Gasteiger partial charge is 0.264 e. The van der Waals surface area contributed by atoms with Crippen molar-refractivity contribution >= 4 is 27.5 Å². The van der Waals surface area contributed by atoms with Crippen molar-refractivity contribution in [1.82, 2.24) is 10.2 Å². The average Bonchev–Trinajstić information content (AvgIpc) is 3.58. The summed E-state index contributed by atoms with van der Waals surface area (Å²) < 4.78 is 35.1. The van der Waals surface area contributed by atoms with E-state index in [4.69, 9.17) is 4.74 Å². The lowest BCUT2D eigenvalue weighted by Gasteiger charge is -2.34. The van der Waals surface area contributed by atoms with Crippen molar-refractivity contribution in [3.63, 3.8) is 0 Å². The predicted octanol–water partition coefficient (Wildman–Crippen LogP) is 6.21. The zero-order valence-corrected chi connectivity index (χ0v) is 28.1. The molecule has 0 bridgehead atoms. The molecule has 4 aromatic rings. The fourth-order valence-corrected chi connectivity index (χ4v) is 7.65. The zero-order valence-electron chi connectivity index (χ0n) is 27.3. The highest BCUT2D eigenvalue weighted by Crippen LogP contribution is 2.28. The third-order valence-electron chi connectivity index (χ3n) is 8.56. The van der Waals surface area contributed by atoms with Gasteiger partial charge < -0.3 is 15.0 Å². The van der Waals surface area contributed by atoms with Crippen molar-refractivity contribution < 1.29 is 22.7 Å². The monoisotopic (exact) mass is 653 g/mol. The molecule has 4 aromatic carbocycles. The van der Waals surface area contributed by atoms with Gasteiger partial charge in [-0.1, -0.05) is 79.6 Å². The fourth-order valence-electron chi connectivity index (χ4n) is 6.23. The number of sulfonamides is 1. The highest BCUT2D eigenvalue weighted by atomic mass is 32.2. The van der Waals surface area contributed by atoms with Crippen LogP contribution in [0, 0.1) is 13.8 Å². The molecule has 1 atom stereocenters. The van der Waals surface area contributed by atoms with Crippen LogP contribution in [-0.4, -0.2) is 50.9 Å². The normalized spacial score (nSPS) is 13.9. The molecule has 0 unspecified atom stereocenters. The number of methoxy groups -OCH3 is 1. The van der Waals surface area contributed by atoms with Crippen molar-refractivity contribution in [1.29, 1.82) is 0 Å². The number of rotatable bonds is 13. The molecule has 0 aliphatic heterocycles. The van der Waals surface area contributed by atoms with Crippen LogP contribution in [0.15, 0.2) is 108 Å². The first-order valence-corrected chi connectivity index (χ1v) is 17.5. The Morgan fingerprint density at radius 1 is 0.830 bits per heavy atom. The van der Waals surface area contributed by atoms with E-state index in [1.165, 1.54) is 17.0 Å². The van der Waals surface area contributed by atoms with Crippen LogP contribution in [0.3, 0.4) is 0 Å². The number of nitrogens with one attached hydrogen (secondary N) is 1. The summed E-state index contributed by atoms with van der Waals surface area (Å²) in [4.78, 5) is 30.5. The third kappa shape index (κ3) is 8.60. The summed E-state index contributed by atoms with van der Waals surface area (Å²) >= 11 is 0. The Morgan fingerprint density at radius 3 is 2.09 bits per heavy atom. The van der Waals surface area contributed by atoms with Crippen LogP contribution in [0.1, 0.15) is 47.9 Å². The first-order chi connectivity index (χ1) is 22.6. The highest BCUT2D eigenvalue weighted by Gasteiger charge is 2.35. The van der Waals surface area contributed by atoms with Gasteiger partial charge in [-0.2, -0.15) is 0 Å². The fraction of sp³-hybridized carbons (Fsp3) is 0.316. The van der Waals surface area contributed by atoms with E-state index in [0.717, 1.165) is 52.2 Å². The second kappa shape index (κ2) is 15.3. The maximum absolute atomic E-state index is 14.7.